The zero-order chi connectivity index (χ0) is 16.3. The summed E-state index contributed by atoms with van der Waals surface area (Å²) in [6, 6.07) is 0. The number of carboxylic acid groups (broad SMARTS) is 1. The van der Waals surface area contributed by atoms with Crippen molar-refractivity contribution in [2.45, 2.75) is 25.4 Å². The summed E-state index contributed by atoms with van der Waals surface area (Å²) in [4.78, 5) is 12.6. The first-order valence-corrected chi connectivity index (χ1v) is 8.32. The molecule has 1 aliphatic rings. The molecular formula is C12H25N3O5S. The standard InChI is InChI=1S/C12H25N3O5S/c1-12(18,9-14(2)3)8-13-21(19,20)15-6-4-10(5-7-15)11(16)17/h10,13,18H,4-9H2,1-3H3,(H,16,17). The van der Waals surface area contributed by atoms with Crippen LogP contribution in [-0.2, 0) is 15.0 Å². The van der Waals surface area contributed by atoms with Crippen LogP contribution in [0.15, 0.2) is 0 Å². The van der Waals surface area contributed by atoms with Gasteiger partial charge in [-0.2, -0.15) is 17.4 Å². The molecule has 0 aromatic carbocycles. The number of aliphatic hydroxyl groups is 1. The van der Waals surface area contributed by atoms with E-state index in [0.29, 0.717) is 19.4 Å². The van der Waals surface area contributed by atoms with Gasteiger partial charge in [0.05, 0.1) is 11.5 Å². The van der Waals surface area contributed by atoms with Crippen LogP contribution in [0.3, 0.4) is 0 Å². The number of carboxylic acids is 1. The number of carbonyl (C=O) groups is 1. The molecule has 0 saturated carbocycles. The molecular weight excluding hydrogens is 298 g/mol. The summed E-state index contributed by atoms with van der Waals surface area (Å²) in [5.74, 6) is -1.36. The summed E-state index contributed by atoms with van der Waals surface area (Å²) in [7, 11) is -0.107. The lowest BCUT2D eigenvalue weighted by atomic mass is 9.99. The van der Waals surface area contributed by atoms with E-state index in [4.69, 9.17) is 5.11 Å². The van der Waals surface area contributed by atoms with Crippen LogP contribution in [0.5, 0.6) is 0 Å². The van der Waals surface area contributed by atoms with Crippen molar-refractivity contribution in [3.8, 4) is 0 Å². The highest BCUT2D eigenvalue weighted by Gasteiger charge is 2.32. The maximum atomic E-state index is 12.1. The summed E-state index contributed by atoms with van der Waals surface area (Å²) in [5, 5.41) is 19.0. The molecule has 8 nitrogen and oxygen atoms in total. The van der Waals surface area contributed by atoms with Crippen molar-refractivity contribution in [1.82, 2.24) is 13.9 Å². The molecule has 1 aliphatic heterocycles. The van der Waals surface area contributed by atoms with Crippen LogP contribution in [0.2, 0.25) is 0 Å². The highest BCUT2D eigenvalue weighted by molar-refractivity contribution is 7.87. The van der Waals surface area contributed by atoms with Crippen LogP contribution in [0.25, 0.3) is 0 Å². The van der Waals surface area contributed by atoms with Crippen LogP contribution in [0.4, 0.5) is 0 Å². The second kappa shape index (κ2) is 7.01. The molecule has 1 atom stereocenters. The fourth-order valence-electron chi connectivity index (χ4n) is 2.42. The zero-order valence-electron chi connectivity index (χ0n) is 12.7. The third-order valence-corrected chi connectivity index (χ3v) is 4.99. The van der Waals surface area contributed by atoms with E-state index < -0.39 is 27.7 Å². The quantitative estimate of drug-likeness (QED) is 0.550. The molecule has 1 heterocycles. The van der Waals surface area contributed by atoms with Crippen LogP contribution in [-0.4, -0.2) is 79.7 Å². The lowest BCUT2D eigenvalue weighted by Crippen LogP contribution is -2.52. The molecule has 0 radical (unpaired) electrons. The molecule has 0 spiro atoms. The van der Waals surface area contributed by atoms with Crippen molar-refractivity contribution in [3.63, 3.8) is 0 Å². The number of likely N-dealkylation sites (N-methyl/N-ethyl adjacent to an activating group) is 1. The second-order valence-corrected chi connectivity index (χ2v) is 7.83. The van der Waals surface area contributed by atoms with E-state index in [1.807, 2.05) is 0 Å². The summed E-state index contributed by atoms with van der Waals surface area (Å²) in [6.45, 7) is 2.17. The number of nitrogens with zero attached hydrogens (tertiary/aromatic N) is 2. The van der Waals surface area contributed by atoms with Gasteiger partial charge in [-0.05, 0) is 33.9 Å². The number of nitrogens with one attached hydrogen (secondary N) is 1. The average Bonchev–Trinajstić information content (AvgIpc) is 2.35. The number of rotatable bonds is 7. The molecule has 3 N–H and O–H groups in total. The lowest BCUT2D eigenvalue weighted by molar-refractivity contribution is -0.142. The molecule has 0 amide bonds. The van der Waals surface area contributed by atoms with Crippen molar-refractivity contribution in [1.29, 1.82) is 0 Å². The molecule has 1 unspecified atom stereocenters. The highest BCUT2D eigenvalue weighted by atomic mass is 32.2. The van der Waals surface area contributed by atoms with Crippen LogP contribution in [0, 0.1) is 5.92 Å². The minimum absolute atomic E-state index is 0.0909. The minimum Gasteiger partial charge on any atom is -0.481 e. The molecule has 9 heteroatoms. The summed E-state index contributed by atoms with van der Waals surface area (Å²) >= 11 is 0. The summed E-state index contributed by atoms with van der Waals surface area (Å²) in [5.41, 5.74) is -1.17. The molecule has 1 saturated heterocycles. The number of piperidine rings is 1. The Morgan fingerprint density at radius 1 is 1.38 bits per heavy atom. The third kappa shape index (κ3) is 5.87. The van der Waals surface area contributed by atoms with E-state index >= 15 is 0 Å². The van der Waals surface area contributed by atoms with Gasteiger partial charge in [-0.15, -0.1) is 0 Å². The first kappa shape index (κ1) is 18.3. The maximum absolute atomic E-state index is 12.1. The minimum atomic E-state index is -3.69. The Labute approximate surface area is 125 Å². The third-order valence-electron chi connectivity index (χ3n) is 3.44. The van der Waals surface area contributed by atoms with E-state index in [-0.39, 0.29) is 19.6 Å². The number of hydrogen-bond acceptors (Lipinski definition) is 5. The molecule has 0 aliphatic carbocycles. The molecule has 1 fully saturated rings. The van der Waals surface area contributed by atoms with Crippen molar-refractivity contribution >= 4 is 16.2 Å². The predicted molar refractivity (Wildman–Crippen MR) is 78.0 cm³/mol. The predicted octanol–water partition coefficient (Wildman–Crippen LogP) is -1.07. The van der Waals surface area contributed by atoms with Crippen molar-refractivity contribution < 1.29 is 23.4 Å². The van der Waals surface area contributed by atoms with Crippen molar-refractivity contribution in [2.24, 2.45) is 5.92 Å². The van der Waals surface area contributed by atoms with Crippen LogP contribution >= 0.6 is 0 Å². The van der Waals surface area contributed by atoms with Gasteiger partial charge in [-0.3, -0.25) is 4.79 Å². The smallest absolute Gasteiger partial charge is 0.306 e. The maximum Gasteiger partial charge on any atom is 0.306 e. The number of aliphatic carboxylic acids is 1. The molecule has 0 bridgehead atoms. The van der Waals surface area contributed by atoms with Gasteiger partial charge in [0.15, 0.2) is 0 Å². The topological polar surface area (TPSA) is 110 Å². The Morgan fingerprint density at radius 2 is 1.90 bits per heavy atom. The molecule has 0 aromatic heterocycles. The number of hydrogen-bond donors (Lipinski definition) is 3. The van der Waals surface area contributed by atoms with Crippen LogP contribution < -0.4 is 4.72 Å². The van der Waals surface area contributed by atoms with E-state index in [2.05, 4.69) is 4.72 Å². The lowest BCUT2D eigenvalue weighted by Gasteiger charge is -2.31. The van der Waals surface area contributed by atoms with Gasteiger partial charge >= 0.3 is 5.97 Å². The van der Waals surface area contributed by atoms with E-state index in [9.17, 15) is 18.3 Å². The Morgan fingerprint density at radius 3 is 2.33 bits per heavy atom. The second-order valence-electron chi connectivity index (χ2n) is 6.07. The Hall–Kier alpha value is -0.740. The normalized spacial score (nSPS) is 21.4. The van der Waals surface area contributed by atoms with Crippen molar-refractivity contribution in [2.75, 3.05) is 40.3 Å². The first-order valence-electron chi connectivity index (χ1n) is 6.88. The molecule has 21 heavy (non-hydrogen) atoms. The summed E-state index contributed by atoms with van der Waals surface area (Å²) < 4.78 is 27.9. The van der Waals surface area contributed by atoms with Gasteiger partial charge in [-0.25, -0.2) is 0 Å². The monoisotopic (exact) mass is 323 g/mol. The largest absolute Gasteiger partial charge is 0.481 e. The van der Waals surface area contributed by atoms with Gasteiger partial charge in [0.2, 0.25) is 0 Å². The van der Waals surface area contributed by atoms with Crippen LogP contribution in [0.1, 0.15) is 19.8 Å². The molecule has 124 valence electrons. The Balaban J connectivity index is 2.53. The van der Waals surface area contributed by atoms with Gasteiger partial charge in [0.25, 0.3) is 10.2 Å². The molecule has 0 aromatic rings. The Bertz CT molecular complexity index is 456. The van der Waals surface area contributed by atoms with E-state index in [1.165, 1.54) is 4.31 Å². The average molecular weight is 323 g/mol. The highest BCUT2D eigenvalue weighted by Crippen LogP contribution is 2.19. The zero-order valence-corrected chi connectivity index (χ0v) is 13.6. The van der Waals surface area contributed by atoms with Crippen molar-refractivity contribution in [3.05, 3.63) is 0 Å². The first-order chi connectivity index (χ1) is 9.53. The van der Waals surface area contributed by atoms with E-state index in [0.717, 1.165) is 0 Å². The Kier molecular flexibility index (Phi) is 6.11. The fourth-order valence-corrected chi connectivity index (χ4v) is 3.79. The van der Waals surface area contributed by atoms with E-state index in [1.54, 1.807) is 25.9 Å². The SMILES string of the molecule is CN(C)CC(C)(O)CNS(=O)(=O)N1CCC(C(=O)O)CC1. The van der Waals surface area contributed by atoms with Gasteiger partial charge in [-0.1, -0.05) is 0 Å². The van der Waals surface area contributed by atoms with Gasteiger partial charge < -0.3 is 15.1 Å². The molecule has 1 rings (SSSR count). The fraction of sp³-hybridized carbons (Fsp3) is 0.917. The van der Waals surface area contributed by atoms with Gasteiger partial charge in [0.1, 0.15) is 0 Å². The summed E-state index contributed by atoms with van der Waals surface area (Å²) in [6.07, 6.45) is 0.620. The van der Waals surface area contributed by atoms with Gasteiger partial charge in [0, 0.05) is 26.2 Å².